The maximum Gasteiger partial charge on any atom is 0.191 e. The lowest BCUT2D eigenvalue weighted by atomic mass is 10.1. The van der Waals surface area contributed by atoms with Gasteiger partial charge in [0.05, 0.1) is 12.2 Å². The van der Waals surface area contributed by atoms with Gasteiger partial charge in [0.25, 0.3) is 0 Å². The van der Waals surface area contributed by atoms with Crippen molar-refractivity contribution >= 4 is 5.96 Å². The lowest BCUT2D eigenvalue weighted by Gasteiger charge is -2.14. The maximum atomic E-state index is 4.38. The van der Waals surface area contributed by atoms with Crippen LogP contribution >= 0.6 is 0 Å². The van der Waals surface area contributed by atoms with E-state index in [2.05, 4.69) is 65.6 Å². The van der Waals surface area contributed by atoms with Gasteiger partial charge in [-0.25, -0.2) is 0 Å². The van der Waals surface area contributed by atoms with Gasteiger partial charge in [-0.3, -0.25) is 9.98 Å². The Morgan fingerprint density at radius 1 is 1.05 bits per heavy atom. The van der Waals surface area contributed by atoms with E-state index in [1.165, 1.54) is 22.3 Å². The molecule has 0 radical (unpaired) electrons. The topological polar surface area (TPSA) is 49.3 Å². The van der Waals surface area contributed by atoms with Gasteiger partial charge in [-0.1, -0.05) is 29.8 Å². The van der Waals surface area contributed by atoms with Crippen LogP contribution in [0.3, 0.4) is 0 Å². The lowest BCUT2D eigenvalue weighted by molar-refractivity contribution is 0.787. The van der Waals surface area contributed by atoms with E-state index in [1.807, 2.05) is 12.3 Å². The highest BCUT2D eigenvalue weighted by Gasteiger charge is 2.03. The molecule has 4 nitrogen and oxygen atoms in total. The third-order valence-corrected chi connectivity index (χ3v) is 3.71. The maximum absolute atomic E-state index is 4.38. The van der Waals surface area contributed by atoms with Crippen LogP contribution in [0.4, 0.5) is 0 Å². The van der Waals surface area contributed by atoms with Crippen molar-refractivity contribution in [1.29, 1.82) is 0 Å². The molecule has 2 rings (SSSR count). The Balaban J connectivity index is 1.92. The minimum atomic E-state index is 0.666. The minimum absolute atomic E-state index is 0.666. The first kappa shape index (κ1) is 16.0. The molecular formula is C18H24N4. The number of nitrogens with one attached hydrogen (secondary N) is 2. The second-order valence-corrected chi connectivity index (χ2v) is 5.48. The van der Waals surface area contributed by atoms with E-state index < -0.39 is 0 Å². The first-order valence-electron chi connectivity index (χ1n) is 7.51. The van der Waals surface area contributed by atoms with E-state index in [0.29, 0.717) is 6.54 Å². The van der Waals surface area contributed by atoms with Gasteiger partial charge in [0.2, 0.25) is 0 Å². The number of aliphatic imine (C=N–C) groups is 1. The summed E-state index contributed by atoms with van der Waals surface area (Å²) in [6, 6.07) is 10.5. The van der Waals surface area contributed by atoms with Crippen LogP contribution in [0.1, 0.15) is 27.9 Å². The van der Waals surface area contributed by atoms with Crippen molar-refractivity contribution in [3.05, 3.63) is 64.5 Å². The van der Waals surface area contributed by atoms with Crippen LogP contribution in [0, 0.1) is 20.8 Å². The molecule has 22 heavy (non-hydrogen) atoms. The number of pyridine rings is 1. The van der Waals surface area contributed by atoms with Crippen molar-refractivity contribution in [1.82, 2.24) is 15.6 Å². The van der Waals surface area contributed by atoms with Crippen molar-refractivity contribution in [3.63, 3.8) is 0 Å². The Bertz CT molecular complexity index is 662. The molecule has 0 unspecified atom stereocenters. The summed E-state index contributed by atoms with van der Waals surface area (Å²) in [6.45, 7) is 7.74. The summed E-state index contributed by atoms with van der Waals surface area (Å²) in [5.74, 6) is 0.782. The molecule has 0 aliphatic heterocycles. The van der Waals surface area contributed by atoms with Gasteiger partial charge in [0.15, 0.2) is 5.96 Å². The molecule has 1 aromatic heterocycles. The van der Waals surface area contributed by atoms with E-state index in [-0.39, 0.29) is 0 Å². The highest BCUT2D eigenvalue weighted by atomic mass is 15.2. The number of rotatable bonds is 4. The van der Waals surface area contributed by atoms with E-state index in [9.17, 15) is 0 Å². The largest absolute Gasteiger partial charge is 0.352 e. The molecule has 0 bridgehead atoms. The van der Waals surface area contributed by atoms with Crippen LogP contribution in [0.5, 0.6) is 0 Å². The zero-order valence-corrected chi connectivity index (χ0v) is 13.8. The predicted molar refractivity (Wildman–Crippen MR) is 91.9 cm³/mol. The van der Waals surface area contributed by atoms with Crippen molar-refractivity contribution in [2.75, 3.05) is 7.05 Å². The zero-order valence-electron chi connectivity index (χ0n) is 13.8. The number of hydrogen-bond donors (Lipinski definition) is 2. The van der Waals surface area contributed by atoms with Gasteiger partial charge in [-0.05, 0) is 43.5 Å². The van der Waals surface area contributed by atoms with Crippen LogP contribution in [0.15, 0.2) is 41.5 Å². The van der Waals surface area contributed by atoms with Gasteiger partial charge in [-0.2, -0.15) is 0 Å². The lowest BCUT2D eigenvalue weighted by Crippen LogP contribution is -2.36. The summed E-state index contributed by atoms with van der Waals surface area (Å²) in [6.07, 6.45) is 1.82. The van der Waals surface area contributed by atoms with E-state index in [4.69, 9.17) is 0 Å². The van der Waals surface area contributed by atoms with Crippen LogP contribution in [-0.4, -0.2) is 18.0 Å². The second kappa shape index (κ2) is 7.59. The number of aryl methyl sites for hydroxylation is 3. The molecule has 2 aromatic rings. The Kier molecular flexibility index (Phi) is 5.53. The van der Waals surface area contributed by atoms with E-state index >= 15 is 0 Å². The average Bonchev–Trinajstić information content (AvgIpc) is 2.50. The number of guanidine groups is 1. The highest BCUT2D eigenvalue weighted by molar-refractivity contribution is 5.79. The Morgan fingerprint density at radius 2 is 1.82 bits per heavy atom. The summed E-state index contributed by atoms with van der Waals surface area (Å²) in [5.41, 5.74) is 6.08. The first-order valence-corrected chi connectivity index (χ1v) is 7.51. The second-order valence-electron chi connectivity index (χ2n) is 5.48. The third-order valence-electron chi connectivity index (χ3n) is 3.71. The third kappa shape index (κ3) is 4.32. The van der Waals surface area contributed by atoms with E-state index in [0.717, 1.165) is 18.2 Å². The molecule has 2 N–H and O–H groups in total. The van der Waals surface area contributed by atoms with E-state index in [1.54, 1.807) is 7.05 Å². The normalized spacial score (nSPS) is 11.4. The molecule has 1 heterocycles. The zero-order chi connectivity index (χ0) is 15.9. The molecule has 0 fully saturated rings. The van der Waals surface area contributed by atoms with Crippen LogP contribution in [-0.2, 0) is 13.1 Å². The van der Waals surface area contributed by atoms with Crippen LogP contribution < -0.4 is 10.6 Å². The van der Waals surface area contributed by atoms with Gasteiger partial charge >= 0.3 is 0 Å². The highest BCUT2D eigenvalue weighted by Crippen LogP contribution is 2.10. The molecule has 0 saturated carbocycles. The van der Waals surface area contributed by atoms with Gasteiger partial charge < -0.3 is 10.6 Å². The first-order chi connectivity index (χ1) is 10.6. The Hall–Kier alpha value is -2.36. The van der Waals surface area contributed by atoms with Crippen molar-refractivity contribution in [3.8, 4) is 0 Å². The molecule has 0 aliphatic carbocycles. The SMILES string of the molecule is CN=C(NCc1ccc(C)cc1C)NCc1ncccc1C. The van der Waals surface area contributed by atoms with Crippen LogP contribution in [0.25, 0.3) is 0 Å². The Labute approximate surface area is 132 Å². The molecule has 4 heteroatoms. The smallest absolute Gasteiger partial charge is 0.191 e. The molecule has 0 aliphatic rings. The number of aromatic nitrogens is 1. The molecule has 116 valence electrons. The fraction of sp³-hybridized carbons (Fsp3) is 0.333. The minimum Gasteiger partial charge on any atom is -0.352 e. The number of hydrogen-bond acceptors (Lipinski definition) is 2. The van der Waals surface area contributed by atoms with Gasteiger partial charge in [-0.15, -0.1) is 0 Å². The standard InChI is InChI=1S/C18H24N4/c1-13-7-8-16(15(3)10-13)11-21-18(19-4)22-12-17-14(2)6-5-9-20-17/h5-10H,11-12H2,1-4H3,(H2,19,21,22). The van der Waals surface area contributed by atoms with Gasteiger partial charge in [0, 0.05) is 19.8 Å². The summed E-state index contributed by atoms with van der Waals surface area (Å²) in [4.78, 5) is 8.64. The Morgan fingerprint density at radius 3 is 2.50 bits per heavy atom. The average molecular weight is 296 g/mol. The summed E-state index contributed by atoms with van der Waals surface area (Å²) in [7, 11) is 1.78. The monoisotopic (exact) mass is 296 g/mol. The molecule has 0 spiro atoms. The quantitative estimate of drug-likeness (QED) is 0.674. The van der Waals surface area contributed by atoms with Crippen molar-refractivity contribution < 1.29 is 0 Å². The fourth-order valence-corrected chi connectivity index (χ4v) is 2.31. The molecular weight excluding hydrogens is 272 g/mol. The summed E-state index contributed by atoms with van der Waals surface area (Å²) < 4.78 is 0. The molecule has 1 aromatic carbocycles. The summed E-state index contributed by atoms with van der Waals surface area (Å²) in [5, 5.41) is 6.65. The van der Waals surface area contributed by atoms with Crippen LogP contribution in [0.2, 0.25) is 0 Å². The number of nitrogens with zero attached hydrogens (tertiary/aromatic N) is 2. The molecule has 0 saturated heterocycles. The van der Waals surface area contributed by atoms with Crippen molar-refractivity contribution in [2.45, 2.75) is 33.9 Å². The molecule has 0 amide bonds. The van der Waals surface area contributed by atoms with Gasteiger partial charge in [0.1, 0.15) is 0 Å². The van der Waals surface area contributed by atoms with Crippen molar-refractivity contribution in [2.24, 2.45) is 4.99 Å². The molecule has 0 atom stereocenters. The summed E-state index contributed by atoms with van der Waals surface area (Å²) >= 11 is 0. The number of benzene rings is 1. The fourth-order valence-electron chi connectivity index (χ4n) is 2.31. The predicted octanol–water partition coefficient (Wildman–Crippen LogP) is 2.87.